The molecule has 0 fully saturated rings. The molecule has 0 aliphatic carbocycles. The third-order valence-electron chi connectivity index (χ3n) is 5.16. The van der Waals surface area contributed by atoms with Crippen LogP contribution in [0.1, 0.15) is 19.5 Å². The van der Waals surface area contributed by atoms with Gasteiger partial charge in [-0.2, -0.15) is 0 Å². The Morgan fingerprint density at radius 2 is 1.74 bits per heavy atom. The molecule has 180 valence electrons. The fraction of sp³-hybridized carbons (Fsp3) is 0.308. The summed E-state index contributed by atoms with van der Waals surface area (Å²) < 4.78 is 24.1. The molecular formula is C26H30N2O6. The number of ether oxygens (including phenoxy) is 4. The van der Waals surface area contributed by atoms with Gasteiger partial charge >= 0.3 is 0 Å². The number of hydrogen-bond acceptors (Lipinski definition) is 6. The van der Waals surface area contributed by atoms with E-state index in [1.54, 1.807) is 45.4 Å². The van der Waals surface area contributed by atoms with Crippen LogP contribution in [-0.4, -0.2) is 36.9 Å². The fourth-order valence-corrected chi connectivity index (χ4v) is 3.29. The Morgan fingerprint density at radius 3 is 2.44 bits per heavy atom. The average Bonchev–Trinajstić information content (AvgIpc) is 2.84. The van der Waals surface area contributed by atoms with E-state index in [0.29, 0.717) is 42.6 Å². The minimum absolute atomic E-state index is 0.132. The number of pyridine rings is 1. The number of aromatic nitrogens is 1. The van der Waals surface area contributed by atoms with E-state index in [4.69, 9.17) is 18.9 Å². The predicted molar refractivity (Wildman–Crippen MR) is 130 cm³/mol. The van der Waals surface area contributed by atoms with E-state index < -0.39 is 6.10 Å². The Morgan fingerprint density at radius 1 is 1.03 bits per heavy atom. The highest BCUT2D eigenvalue weighted by atomic mass is 16.5. The topological polar surface area (TPSA) is 88.0 Å². The number of carbonyl (C=O) groups excluding carboxylic acids is 1. The van der Waals surface area contributed by atoms with E-state index in [2.05, 4.69) is 5.32 Å². The Labute approximate surface area is 199 Å². The van der Waals surface area contributed by atoms with Crippen LogP contribution in [-0.2, 0) is 11.3 Å². The summed E-state index contributed by atoms with van der Waals surface area (Å²) in [6.07, 6.45) is 0.790. The molecule has 0 spiro atoms. The first-order valence-corrected chi connectivity index (χ1v) is 11.1. The number of para-hydroxylation sites is 2. The van der Waals surface area contributed by atoms with Gasteiger partial charge < -0.3 is 28.8 Å². The Kier molecular flexibility index (Phi) is 8.56. The zero-order valence-electron chi connectivity index (χ0n) is 19.9. The summed E-state index contributed by atoms with van der Waals surface area (Å²) in [4.78, 5) is 25.2. The van der Waals surface area contributed by atoms with Crippen LogP contribution >= 0.6 is 0 Å². The number of anilines is 1. The Hall–Kier alpha value is -3.94. The molecule has 3 aromatic rings. The minimum atomic E-state index is -0.896. The quantitative estimate of drug-likeness (QED) is 0.459. The van der Waals surface area contributed by atoms with Gasteiger partial charge in [0.2, 0.25) is 5.43 Å². The number of methoxy groups -OCH3 is 1. The maximum absolute atomic E-state index is 12.7. The van der Waals surface area contributed by atoms with Gasteiger partial charge in [0.15, 0.2) is 11.9 Å². The molecule has 8 heteroatoms. The van der Waals surface area contributed by atoms with Gasteiger partial charge in [0.25, 0.3) is 5.91 Å². The van der Waals surface area contributed by atoms with Crippen LogP contribution in [0, 0.1) is 6.92 Å². The summed E-state index contributed by atoms with van der Waals surface area (Å²) in [6.45, 7) is 6.61. The molecule has 1 heterocycles. The maximum Gasteiger partial charge on any atom is 0.265 e. The number of carbonyl (C=O) groups is 1. The van der Waals surface area contributed by atoms with Gasteiger partial charge in [-0.05, 0) is 57.2 Å². The second-order valence-electron chi connectivity index (χ2n) is 7.49. The van der Waals surface area contributed by atoms with E-state index in [-0.39, 0.29) is 17.1 Å². The normalized spacial score (nSPS) is 11.4. The summed E-state index contributed by atoms with van der Waals surface area (Å²) in [5, 5.41) is 2.80. The van der Waals surface area contributed by atoms with E-state index >= 15 is 0 Å². The number of benzene rings is 2. The zero-order chi connectivity index (χ0) is 24.5. The van der Waals surface area contributed by atoms with Crippen molar-refractivity contribution in [2.75, 3.05) is 25.6 Å². The van der Waals surface area contributed by atoms with Crippen LogP contribution in [0.5, 0.6) is 23.0 Å². The molecule has 34 heavy (non-hydrogen) atoms. The molecule has 0 radical (unpaired) electrons. The summed E-state index contributed by atoms with van der Waals surface area (Å²) in [5.74, 6) is 1.79. The first-order valence-electron chi connectivity index (χ1n) is 11.1. The summed E-state index contributed by atoms with van der Waals surface area (Å²) in [5.41, 5.74) is 0.863. The molecule has 0 bridgehead atoms. The van der Waals surface area contributed by atoms with Gasteiger partial charge in [0.05, 0.1) is 31.6 Å². The van der Waals surface area contributed by atoms with E-state index in [1.807, 2.05) is 41.8 Å². The van der Waals surface area contributed by atoms with Gasteiger partial charge in [0, 0.05) is 12.3 Å². The van der Waals surface area contributed by atoms with Crippen molar-refractivity contribution in [1.82, 2.24) is 4.57 Å². The summed E-state index contributed by atoms with van der Waals surface area (Å²) in [6, 6.07) is 15.9. The highest BCUT2D eigenvalue weighted by Gasteiger charge is 2.20. The van der Waals surface area contributed by atoms with Crippen molar-refractivity contribution in [3.63, 3.8) is 0 Å². The average molecular weight is 467 g/mol. The van der Waals surface area contributed by atoms with Crippen LogP contribution in [0.15, 0.2) is 65.6 Å². The number of rotatable bonds is 11. The second kappa shape index (κ2) is 11.8. The molecule has 2 aromatic carbocycles. The molecule has 1 unspecified atom stereocenters. The molecule has 1 aromatic heterocycles. The van der Waals surface area contributed by atoms with Gasteiger partial charge in [0.1, 0.15) is 23.9 Å². The van der Waals surface area contributed by atoms with Crippen LogP contribution in [0.25, 0.3) is 0 Å². The van der Waals surface area contributed by atoms with Crippen molar-refractivity contribution in [1.29, 1.82) is 0 Å². The lowest BCUT2D eigenvalue weighted by atomic mass is 10.2. The molecule has 3 rings (SSSR count). The van der Waals surface area contributed by atoms with E-state index in [0.717, 1.165) is 5.75 Å². The highest BCUT2D eigenvalue weighted by molar-refractivity contribution is 5.95. The van der Waals surface area contributed by atoms with Gasteiger partial charge in [-0.15, -0.1) is 0 Å². The lowest BCUT2D eigenvalue weighted by molar-refractivity contribution is -0.122. The van der Waals surface area contributed by atoms with Crippen molar-refractivity contribution in [3.05, 3.63) is 76.7 Å². The van der Waals surface area contributed by atoms with Gasteiger partial charge in [-0.25, -0.2) is 0 Å². The van der Waals surface area contributed by atoms with Crippen molar-refractivity contribution < 1.29 is 23.7 Å². The molecule has 0 aliphatic rings. The standard InChI is InChI=1S/C26H30N2O6/c1-5-32-24-9-7-6-8-22(24)27-26(30)19(3)34-25-18(2)28(15-14-23(25)29)16-17-33-21-12-10-20(31-4)11-13-21/h6-15,19H,5,16-17H2,1-4H3,(H,27,30). The maximum atomic E-state index is 12.7. The largest absolute Gasteiger partial charge is 0.497 e. The lowest BCUT2D eigenvalue weighted by Crippen LogP contribution is -2.32. The number of hydrogen-bond donors (Lipinski definition) is 1. The van der Waals surface area contributed by atoms with Crippen molar-refractivity contribution in [3.8, 4) is 23.0 Å². The smallest absolute Gasteiger partial charge is 0.265 e. The number of amides is 1. The third kappa shape index (κ3) is 6.31. The second-order valence-corrected chi connectivity index (χ2v) is 7.49. The number of nitrogens with one attached hydrogen (secondary N) is 1. The molecular weight excluding hydrogens is 436 g/mol. The SMILES string of the molecule is CCOc1ccccc1NC(=O)C(C)Oc1c(C)n(CCOc2ccc(OC)cc2)ccc1=O. The molecule has 0 saturated heterocycles. The van der Waals surface area contributed by atoms with E-state index in [9.17, 15) is 9.59 Å². The van der Waals surface area contributed by atoms with Crippen molar-refractivity contribution >= 4 is 11.6 Å². The molecule has 0 aliphatic heterocycles. The Balaban J connectivity index is 1.64. The lowest BCUT2D eigenvalue weighted by Gasteiger charge is -2.19. The molecule has 1 atom stereocenters. The zero-order valence-corrected chi connectivity index (χ0v) is 19.9. The van der Waals surface area contributed by atoms with Crippen LogP contribution in [0.4, 0.5) is 5.69 Å². The van der Waals surface area contributed by atoms with Crippen LogP contribution < -0.4 is 29.7 Å². The van der Waals surface area contributed by atoms with Crippen molar-refractivity contribution in [2.24, 2.45) is 0 Å². The van der Waals surface area contributed by atoms with Gasteiger partial charge in [-0.3, -0.25) is 9.59 Å². The highest BCUT2D eigenvalue weighted by Crippen LogP contribution is 2.24. The first kappa shape index (κ1) is 24.7. The van der Waals surface area contributed by atoms with E-state index in [1.165, 1.54) is 6.07 Å². The molecule has 8 nitrogen and oxygen atoms in total. The molecule has 0 saturated carbocycles. The summed E-state index contributed by atoms with van der Waals surface area (Å²) >= 11 is 0. The Bertz CT molecular complexity index is 1160. The number of nitrogens with zero attached hydrogens (tertiary/aromatic N) is 1. The first-order chi connectivity index (χ1) is 16.4. The monoisotopic (exact) mass is 466 g/mol. The summed E-state index contributed by atoms with van der Waals surface area (Å²) in [7, 11) is 1.61. The third-order valence-corrected chi connectivity index (χ3v) is 5.16. The van der Waals surface area contributed by atoms with Crippen LogP contribution in [0.3, 0.4) is 0 Å². The minimum Gasteiger partial charge on any atom is -0.497 e. The fourth-order valence-electron chi connectivity index (χ4n) is 3.29. The molecule has 1 amide bonds. The molecule has 1 N–H and O–H groups in total. The van der Waals surface area contributed by atoms with Crippen molar-refractivity contribution in [2.45, 2.75) is 33.4 Å². The van der Waals surface area contributed by atoms with Gasteiger partial charge in [-0.1, -0.05) is 12.1 Å². The van der Waals surface area contributed by atoms with Crippen LogP contribution in [0.2, 0.25) is 0 Å². The predicted octanol–water partition coefficient (Wildman–Crippen LogP) is 4.05.